The summed E-state index contributed by atoms with van der Waals surface area (Å²) < 4.78 is 12.5. The van der Waals surface area contributed by atoms with Crippen molar-refractivity contribution in [2.75, 3.05) is 6.54 Å². The van der Waals surface area contributed by atoms with Gasteiger partial charge in [-0.05, 0) is 107 Å². The van der Waals surface area contributed by atoms with Crippen LogP contribution in [0.3, 0.4) is 0 Å². The SMILES string of the molecule is CC1=CC(C)[C@@H](O)CC(=O)[C@H](C)C[C@H](C)C=CC=CC=C(C)[C@@H](O)C[C@@H]2CC[C@@H](C)[C@](O)(CC(=O)N3CCCC[C@H]3C(=O)O[C@H]([C@H](C)C[C@@H]3CC[C@@H](O)[C@H](O)C3)CC1=O)O2. The number of nitrogens with zero attached hydrogens (tertiary/aromatic N) is 1. The lowest BCUT2D eigenvalue weighted by atomic mass is 9.78. The zero-order valence-corrected chi connectivity index (χ0v) is 37.2. The maximum atomic E-state index is 14.2. The second-order valence-corrected chi connectivity index (χ2v) is 19.0. The molecule has 1 amide bonds. The van der Waals surface area contributed by atoms with Gasteiger partial charge in [0, 0.05) is 43.6 Å². The highest BCUT2D eigenvalue weighted by Crippen LogP contribution is 2.38. The fourth-order valence-electron chi connectivity index (χ4n) is 9.37. The van der Waals surface area contributed by atoms with Crippen molar-refractivity contribution in [3.05, 3.63) is 47.6 Å². The molecular formula is C48H75NO11. The average Bonchev–Trinajstić information content (AvgIpc) is 3.19. The van der Waals surface area contributed by atoms with Crippen LogP contribution < -0.4 is 0 Å². The Balaban J connectivity index is 1.62. The summed E-state index contributed by atoms with van der Waals surface area (Å²) in [5.41, 5.74) is 1.09. The Kier molecular flexibility index (Phi) is 19.0. The molecule has 0 aromatic heterocycles. The van der Waals surface area contributed by atoms with Gasteiger partial charge >= 0.3 is 5.97 Å². The molecule has 4 rings (SSSR count). The normalized spacial score (nSPS) is 38.7. The second kappa shape index (κ2) is 22.9. The van der Waals surface area contributed by atoms with Gasteiger partial charge in [-0.3, -0.25) is 14.4 Å². The molecule has 0 aromatic rings. The number of esters is 1. The Morgan fingerprint density at radius 3 is 2.28 bits per heavy atom. The van der Waals surface area contributed by atoms with Crippen molar-refractivity contribution in [1.29, 1.82) is 0 Å². The molecule has 2 bridgehead atoms. The predicted molar refractivity (Wildman–Crippen MR) is 229 cm³/mol. The van der Waals surface area contributed by atoms with E-state index in [-0.39, 0.29) is 66.8 Å². The van der Waals surface area contributed by atoms with Crippen LogP contribution in [0.5, 0.6) is 0 Å². The number of aliphatic hydroxyl groups excluding tert-OH is 4. The molecule has 0 aromatic carbocycles. The molecule has 3 fully saturated rings. The summed E-state index contributed by atoms with van der Waals surface area (Å²) in [7, 11) is 0. The molecule has 4 aliphatic rings. The smallest absolute Gasteiger partial charge is 0.329 e. The Morgan fingerprint density at radius 1 is 0.833 bits per heavy atom. The van der Waals surface area contributed by atoms with Crippen LogP contribution in [0.15, 0.2) is 47.6 Å². The van der Waals surface area contributed by atoms with E-state index in [1.54, 1.807) is 19.9 Å². The van der Waals surface area contributed by atoms with Gasteiger partial charge in [0.1, 0.15) is 17.9 Å². The van der Waals surface area contributed by atoms with E-state index in [2.05, 4.69) is 0 Å². The maximum absolute atomic E-state index is 14.2. The molecule has 1 unspecified atom stereocenters. The molecule has 3 heterocycles. The molecule has 12 nitrogen and oxygen atoms in total. The quantitative estimate of drug-likeness (QED) is 0.208. The minimum Gasteiger partial charge on any atom is -0.460 e. The van der Waals surface area contributed by atoms with Gasteiger partial charge in [0.15, 0.2) is 11.6 Å². The lowest BCUT2D eigenvalue weighted by Gasteiger charge is -2.44. The first-order valence-corrected chi connectivity index (χ1v) is 22.7. The van der Waals surface area contributed by atoms with Crippen LogP contribution in [-0.4, -0.2) is 109 Å². The van der Waals surface area contributed by atoms with Crippen molar-refractivity contribution in [1.82, 2.24) is 4.90 Å². The number of fused-ring (bicyclic) bond motifs is 3. The molecule has 338 valence electrons. The van der Waals surface area contributed by atoms with Gasteiger partial charge < -0.3 is 39.9 Å². The molecule has 5 N–H and O–H groups in total. The third kappa shape index (κ3) is 14.3. The van der Waals surface area contributed by atoms with Crippen molar-refractivity contribution in [2.45, 2.75) is 187 Å². The molecule has 1 saturated carbocycles. The number of carbonyl (C=O) groups is 4. The Bertz CT molecular complexity index is 1590. The van der Waals surface area contributed by atoms with E-state index in [0.29, 0.717) is 76.3 Å². The van der Waals surface area contributed by atoms with Gasteiger partial charge in [0.2, 0.25) is 5.91 Å². The topological polar surface area (TPSA) is 191 Å². The van der Waals surface area contributed by atoms with Crippen molar-refractivity contribution < 1.29 is 54.2 Å². The highest BCUT2D eigenvalue weighted by molar-refractivity contribution is 5.95. The number of aliphatic hydroxyl groups is 5. The molecule has 1 aliphatic carbocycles. The van der Waals surface area contributed by atoms with E-state index in [1.807, 2.05) is 65.0 Å². The van der Waals surface area contributed by atoms with E-state index in [4.69, 9.17) is 9.47 Å². The number of allylic oxidation sites excluding steroid dienone is 6. The third-order valence-corrected chi connectivity index (χ3v) is 13.7. The van der Waals surface area contributed by atoms with Crippen LogP contribution in [-0.2, 0) is 28.7 Å². The van der Waals surface area contributed by atoms with Crippen LogP contribution in [0.4, 0.5) is 0 Å². The minimum atomic E-state index is -1.80. The summed E-state index contributed by atoms with van der Waals surface area (Å²) in [5, 5.41) is 54.5. The second-order valence-electron chi connectivity index (χ2n) is 19.0. The summed E-state index contributed by atoms with van der Waals surface area (Å²) in [6, 6.07) is -0.927. The number of Topliss-reactive ketones (excluding diaryl/α,β-unsaturated/α-hetero) is 2. The van der Waals surface area contributed by atoms with Gasteiger partial charge in [-0.25, -0.2) is 4.79 Å². The zero-order valence-electron chi connectivity index (χ0n) is 37.2. The summed E-state index contributed by atoms with van der Waals surface area (Å²) in [6.07, 6.45) is 11.5. The summed E-state index contributed by atoms with van der Waals surface area (Å²) in [6.45, 7) is 13.2. The number of carbonyl (C=O) groups excluding carboxylic acids is 4. The van der Waals surface area contributed by atoms with Crippen LogP contribution in [0.1, 0.15) is 138 Å². The number of rotatable bonds is 3. The Morgan fingerprint density at radius 2 is 1.57 bits per heavy atom. The van der Waals surface area contributed by atoms with Crippen LogP contribution >= 0.6 is 0 Å². The fourth-order valence-corrected chi connectivity index (χ4v) is 9.37. The number of ketones is 2. The van der Waals surface area contributed by atoms with Crippen molar-refractivity contribution in [2.24, 2.45) is 35.5 Å². The number of cyclic esters (lactones) is 1. The number of ether oxygens (including phenoxy) is 2. The Hall–Kier alpha value is -3.00. The summed E-state index contributed by atoms with van der Waals surface area (Å²) in [5.74, 6) is -4.55. The first-order valence-electron chi connectivity index (χ1n) is 22.7. The van der Waals surface area contributed by atoms with Gasteiger partial charge in [0.05, 0.1) is 36.9 Å². The molecule has 0 spiro atoms. The predicted octanol–water partition coefficient (Wildman–Crippen LogP) is 6.07. The van der Waals surface area contributed by atoms with E-state index < -0.39 is 66.2 Å². The highest BCUT2D eigenvalue weighted by atomic mass is 16.6. The van der Waals surface area contributed by atoms with Gasteiger partial charge in [-0.15, -0.1) is 0 Å². The first-order chi connectivity index (χ1) is 28.3. The summed E-state index contributed by atoms with van der Waals surface area (Å²) >= 11 is 0. The largest absolute Gasteiger partial charge is 0.460 e. The maximum Gasteiger partial charge on any atom is 0.329 e. The van der Waals surface area contributed by atoms with Gasteiger partial charge in [-0.1, -0.05) is 71.1 Å². The van der Waals surface area contributed by atoms with E-state index in [0.717, 1.165) is 5.57 Å². The van der Waals surface area contributed by atoms with E-state index in [1.165, 1.54) is 4.90 Å². The lowest BCUT2D eigenvalue weighted by molar-refractivity contribution is -0.283. The van der Waals surface area contributed by atoms with Crippen molar-refractivity contribution in [3.63, 3.8) is 0 Å². The molecule has 0 radical (unpaired) electrons. The van der Waals surface area contributed by atoms with Crippen molar-refractivity contribution in [3.8, 4) is 0 Å². The summed E-state index contributed by atoms with van der Waals surface area (Å²) in [4.78, 5) is 56.8. The van der Waals surface area contributed by atoms with Crippen molar-refractivity contribution >= 4 is 23.4 Å². The number of hydrogen-bond donors (Lipinski definition) is 5. The first kappa shape index (κ1) is 49.7. The van der Waals surface area contributed by atoms with Gasteiger partial charge in [0.25, 0.3) is 0 Å². The standard InChI is InChI=1S/C48H75NO11/c1-29-13-9-8-10-14-30(2)40(51)25-37-18-16-35(7)48(58,60-37)28-46(56)49-20-12-11-15-38(49)47(57)59-45(34(6)23-36-17-19-39(50)44(55)24-36)27-43(54)33(5)22-32(4)42(53)26-41(52)31(3)21-29/h8-10,13-14,22,29,31-32,34-40,42,44-45,50-51,53,55,58H,11-12,15-21,23-28H2,1-7H3/t29-,31-,32?,34-,35-,36+,37+,38+,39-,40+,42+,44-,45+,48+/m1/s1. The molecule has 14 atom stereocenters. The minimum absolute atomic E-state index is 0.0419. The monoisotopic (exact) mass is 842 g/mol. The van der Waals surface area contributed by atoms with E-state index in [9.17, 15) is 44.7 Å². The third-order valence-electron chi connectivity index (χ3n) is 13.7. The molecule has 3 aliphatic heterocycles. The molecule has 60 heavy (non-hydrogen) atoms. The van der Waals surface area contributed by atoms with Crippen LogP contribution in [0.25, 0.3) is 0 Å². The molecular weight excluding hydrogens is 767 g/mol. The fraction of sp³-hybridized carbons (Fsp3) is 0.750. The van der Waals surface area contributed by atoms with Gasteiger partial charge in [-0.2, -0.15) is 0 Å². The highest BCUT2D eigenvalue weighted by Gasteiger charge is 2.46. The zero-order chi connectivity index (χ0) is 44.3. The van der Waals surface area contributed by atoms with E-state index >= 15 is 0 Å². The molecule has 12 heteroatoms. The average molecular weight is 842 g/mol. The number of hydrogen-bond acceptors (Lipinski definition) is 11. The number of amides is 1. The Labute approximate surface area is 358 Å². The lowest BCUT2D eigenvalue weighted by Crippen LogP contribution is -2.54. The van der Waals surface area contributed by atoms with Crippen LogP contribution in [0.2, 0.25) is 0 Å². The number of piperidine rings is 1. The molecule has 2 saturated heterocycles. The van der Waals surface area contributed by atoms with Crippen LogP contribution in [0, 0.1) is 35.5 Å².